The van der Waals surface area contributed by atoms with Gasteiger partial charge in [0.1, 0.15) is 0 Å². The largest absolute Gasteiger partial charge is 0.394 e. The van der Waals surface area contributed by atoms with Gasteiger partial charge in [-0.1, -0.05) is 54.1 Å². The molecule has 120 valence electrons. The highest BCUT2D eigenvalue weighted by atomic mass is 35.5. The van der Waals surface area contributed by atoms with Gasteiger partial charge in [-0.2, -0.15) is 0 Å². The lowest BCUT2D eigenvalue weighted by Crippen LogP contribution is -2.48. The lowest BCUT2D eigenvalue weighted by molar-refractivity contribution is 0.103. The monoisotopic (exact) mass is 329 g/mol. The summed E-state index contributed by atoms with van der Waals surface area (Å²) in [5.41, 5.74) is 0.381. The van der Waals surface area contributed by atoms with E-state index in [0.29, 0.717) is 6.54 Å². The van der Waals surface area contributed by atoms with Crippen LogP contribution in [0.5, 0.6) is 0 Å². The first-order valence-electron chi connectivity index (χ1n) is 7.63. The van der Waals surface area contributed by atoms with Crippen LogP contribution in [0.25, 0.3) is 21.5 Å². The Balaban J connectivity index is 2.08. The van der Waals surface area contributed by atoms with Crippen LogP contribution in [-0.4, -0.2) is 29.0 Å². The summed E-state index contributed by atoms with van der Waals surface area (Å²) in [4.78, 5) is 0. The third-order valence-electron chi connectivity index (χ3n) is 4.33. The Labute approximate surface area is 140 Å². The summed E-state index contributed by atoms with van der Waals surface area (Å²) in [6.07, 6.45) is 0. The second kappa shape index (κ2) is 6.46. The van der Waals surface area contributed by atoms with Gasteiger partial charge in [-0.15, -0.1) is 0 Å². The van der Waals surface area contributed by atoms with Gasteiger partial charge in [0.05, 0.1) is 23.8 Å². The number of halogens is 1. The number of nitrogens with one attached hydrogen (secondary N) is 1. The summed E-state index contributed by atoms with van der Waals surface area (Å²) < 4.78 is 0. The van der Waals surface area contributed by atoms with Crippen molar-refractivity contribution in [1.29, 1.82) is 0 Å². The molecule has 0 radical (unpaired) electrons. The number of aliphatic hydroxyl groups is 2. The molecule has 0 unspecified atom stereocenters. The zero-order valence-corrected chi connectivity index (χ0v) is 13.8. The molecular formula is C19H20ClNO2. The Hall–Kier alpha value is -1.65. The van der Waals surface area contributed by atoms with Crippen molar-refractivity contribution in [2.24, 2.45) is 0 Å². The second-order valence-electron chi connectivity index (χ2n) is 6.15. The fourth-order valence-corrected chi connectivity index (χ4v) is 3.06. The molecule has 0 fully saturated rings. The summed E-state index contributed by atoms with van der Waals surface area (Å²) in [7, 11) is 0. The molecule has 23 heavy (non-hydrogen) atoms. The van der Waals surface area contributed by atoms with Gasteiger partial charge in [-0.3, -0.25) is 0 Å². The van der Waals surface area contributed by atoms with Crippen LogP contribution in [0.1, 0.15) is 12.5 Å². The molecule has 3 N–H and O–H groups in total. The normalized spacial score (nSPS) is 12.2. The van der Waals surface area contributed by atoms with Crippen molar-refractivity contribution in [3.8, 4) is 0 Å². The van der Waals surface area contributed by atoms with E-state index in [-0.39, 0.29) is 13.2 Å². The van der Waals surface area contributed by atoms with Crippen LogP contribution in [-0.2, 0) is 6.54 Å². The van der Waals surface area contributed by atoms with Crippen molar-refractivity contribution >= 4 is 33.1 Å². The molecule has 0 spiro atoms. The molecule has 3 aromatic rings. The fraction of sp³-hybridized carbons (Fsp3) is 0.263. The van der Waals surface area contributed by atoms with E-state index in [1.165, 1.54) is 0 Å². The molecule has 0 aliphatic heterocycles. The zero-order valence-electron chi connectivity index (χ0n) is 13.0. The smallest absolute Gasteiger partial charge is 0.0633 e. The van der Waals surface area contributed by atoms with Crippen molar-refractivity contribution in [2.45, 2.75) is 19.0 Å². The number of hydrogen-bond acceptors (Lipinski definition) is 3. The lowest BCUT2D eigenvalue weighted by Gasteiger charge is -2.26. The molecule has 0 aliphatic rings. The van der Waals surface area contributed by atoms with E-state index in [9.17, 15) is 10.2 Å². The molecule has 4 heteroatoms. The van der Waals surface area contributed by atoms with Crippen LogP contribution < -0.4 is 5.32 Å². The van der Waals surface area contributed by atoms with Gasteiger partial charge in [0.25, 0.3) is 0 Å². The second-order valence-corrected chi connectivity index (χ2v) is 6.53. The first-order chi connectivity index (χ1) is 11.1. The molecule has 3 nitrogen and oxygen atoms in total. The van der Waals surface area contributed by atoms with Crippen molar-refractivity contribution in [3.63, 3.8) is 0 Å². The van der Waals surface area contributed by atoms with Crippen LogP contribution >= 0.6 is 11.6 Å². The third kappa shape index (κ3) is 3.06. The molecule has 0 saturated carbocycles. The van der Waals surface area contributed by atoms with E-state index in [4.69, 9.17) is 11.6 Å². The molecule has 0 heterocycles. The molecule has 0 aromatic heterocycles. The number of benzene rings is 3. The van der Waals surface area contributed by atoms with Gasteiger partial charge in [0.2, 0.25) is 0 Å². The lowest BCUT2D eigenvalue weighted by atomic mass is 9.98. The van der Waals surface area contributed by atoms with Gasteiger partial charge in [-0.05, 0) is 29.3 Å². The van der Waals surface area contributed by atoms with Crippen molar-refractivity contribution in [2.75, 3.05) is 13.2 Å². The average molecular weight is 330 g/mol. The van der Waals surface area contributed by atoms with E-state index < -0.39 is 5.54 Å². The molecule has 3 aromatic carbocycles. The predicted molar refractivity (Wildman–Crippen MR) is 95.9 cm³/mol. The van der Waals surface area contributed by atoms with Gasteiger partial charge in [0.15, 0.2) is 0 Å². The number of aliphatic hydroxyl groups excluding tert-OH is 2. The maximum atomic E-state index is 9.42. The first-order valence-corrected chi connectivity index (χ1v) is 8.01. The van der Waals surface area contributed by atoms with E-state index >= 15 is 0 Å². The molecule has 0 bridgehead atoms. The molecule has 0 atom stereocenters. The molecule has 3 rings (SSSR count). The highest BCUT2D eigenvalue weighted by Crippen LogP contribution is 2.34. The topological polar surface area (TPSA) is 52.5 Å². The summed E-state index contributed by atoms with van der Waals surface area (Å²) in [6.45, 7) is 2.08. The molecular weight excluding hydrogens is 310 g/mol. The molecule has 0 aliphatic carbocycles. The minimum absolute atomic E-state index is 0.127. The average Bonchev–Trinajstić information content (AvgIpc) is 2.60. The summed E-state index contributed by atoms with van der Waals surface area (Å²) in [6, 6.07) is 16.2. The van der Waals surface area contributed by atoms with E-state index in [1.54, 1.807) is 6.92 Å². The first kappa shape index (κ1) is 16.2. The van der Waals surface area contributed by atoms with Gasteiger partial charge in [-0.25, -0.2) is 0 Å². The summed E-state index contributed by atoms with van der Waals surface area (Å²) in [5.74, 6) is 0. The Morgan fingerprint density at radius 1 is 0.957 bits per heavy atom. The minimum Gasteiger partial charge on any atom is -0.394 e. The molecule has 0 amide bonds. The van der Waals surface area contributed by atoms with Crippen LogP contribution in [0.4, 0.5) is 0 Å². The standard InChI is InChI=1S/C19H20ClNO2/c1-19(11-22,12-23)21-10-14-6-4-8-16-17(14)9-13-5-2-3-7-15(13)18(16)20/h2-9,21-23H,10-12H2,1H3. The zero-order chi connectivity index (χ0) is 16.4. The minimum atomic E-state index is -0.706. The van der Waals surface area contributed by atoms with Crippen molar-refractivity contribution in [1.82, 2.24) is 5.32 Å². The fourth-order valence-electron chi connectivity index (χ4n) is 2.72. The van der Waals surface area contributed by atoms with Gasteiger partial charge >= 0.3 is 0 Å². The van der Waals surface area contributed by atoms with Crippen LogP contribution in [0.2, 0.25) is 5.02 Å². The van der Waals surface area contributed by atoms with E-state index in [2.05, 4.69) is 17.4 Å². The van der Waals surface area contributed by atoms with E-state index in [0.717, 1.165) is 32.1 Å². The SMILES string of the molecule is CC(CO)(CO)NCc1cccc2c(Cl)c3ccccc3cc12. The quantitative estimate of drug-likeness (QED) is 0.628. The Bertz CT molecular complexity index is 843. The maximum Gasteiger partial charge on any atom is 0.0633 e. The van der Waals surface area contributed by atoms with Gasteiger partial charge < -0.3 is 15.5 Å². The number of fused-ring (bicyclic) bond motifs is 2. The van der Waals surface area contributed by atoms with Crippen molar-refractivity contribution < 1.29 is 10.2 Å². The summed E-state index contributed by atoms with van der Waals surface area (Å²) in [5, 5.41) is 27.1. The van der Waals surface area contributed by atoms with E-state index in [1.807, 2.05) is 36.4 Å². The number of rotatable bonds is 5. The Morgan fingerprint density at radius 2 is 1.65 bits per heavy atom. The highest BCUT2D eigenvalue weighted by Gasteiger charge is 2.21. The highest BCUT2D eigenvalue weighted by molar-refractivity contribution is 6.40. The van der Waals surface area contributed by atoms with Crippen molar-refractivity contribution in [3.05, 3.63) is 59.1 Å². The van der Waals surface area contributed by atoms with Crippen LogP contribution in [0.3, 0.4) is 0 Å². The third-order valence-corrected chi connectivity index (χ3v) is 4.74. The number of hydrogen-bond donors (Lipinski definition) is 3. The molecule has 0 saturated heterocycles. The van der Waals surface area contributed by atoms with Crippen LogP contribution in [0, 0.1) is 0 Å². The predicted octanol–water partition coefficient (Wildman–Crippen LogP) is 3.48. The Morgan fingerprint density at radius 3 is 2.39 bits per heavy atom. The Kier molecular flexibility index (Phi) is 4.55. The van der Waals surface area contributed by atoms with Gasteiger partial charge in [0, 0.05) is 17.3 Å². The maximum absolute atomic E-state index is 9.42. The summed E-state index contributed by atoms with van der Waals surface area (Å²) >= 11 is 6.59. The van der Waals surface area contributed by atoms with Crippen LogP contribution in [0.15, 0.2) is 48.5 Å².